The van der Waals surface area contributed by atoms with Crippen molar-refractivity contribution in [3.05, 3.63) is 0 Å². The summed E-state index contributed by atoms with van der Waals surface area (Å²) >= 11 is 0. The lowest BCUT2D eigenvalue weighted by Crippen LogP contribution is -2.57. The molecular weight excluding hydrogens is 316 g/mol. The molecule has 0 aromatic rings. The molecule has 1 rings (SSSR count). The number of nitrogens with one attached hydrogen (secondary N) is 2. The maximum Gasteiger partial charge on any atom is 0.516 e. The van der Waals surface area contributed by atoms with Gasteiger partial charge in [-0.1, -0.05) is 0 Å². The number of esters is 1. The fourth-order valence-corrected chi connectivity index (χ4v) is 2.18. The number of hydrogen-bond acceptors (Lipinski definition) is 7. The molecule has 0 aliphatic carbocycles. The van der Waals surface area contributed by atoms with Crippen molar-refractivity contribution < 1.29 is 28.6 Å². The molecule has 1 aliphatic heterocycles. The maximum absolute atomic E-state index is 12.4. The Morgan fingerprint density at radius 3 is 2.08 bits per heavy atom. The smallest absolute Gasteiger partial charge is 0.444 e. The van der Waals surface area contributed by atoms with Gasteiger partial charge in [-0.3, -0.25) is 0 Å². The van der Waals surface area contributed by atoms with Gasteiger partial charge in [0.1, 0.15) is 16.7 Å². The topological polar surface area (TPSA) is 103 Å². The maximum atomic E-state index is 12.4. The van der Waals surface area contributed by atoms with Gasteiger partial charge in [0.2, 0.25) is 0 Å². The van der Waals surface area contributed by atoms with Crippen LogP contribution in [0, 0.1) is 0 Å². The van der Waals surface area contributed by atoms with E-state index in [-0.39, 0.29) is 6.54 Å². The minimum atomic E-state index is -1.16. The van der Waals surface area contributed by atoms with E-state index >= 15 is 0 Å². The van der Waals surface area contributed by atoms with Gasteiger partial charge in [-0.05, 0) is 60.9 Å². The van der Waals surface area contributed by atoms with Crippen molar-refractivity contribution in [1.29, 1.82) is 0 Å². The first-order chi connectivity index (χ1) is 10.8. The number of hydrogen-bond donors (Lipinski definition) is 2. The molecule has 0 unspecified atom stereocenters. The third kappa shape index (κ3) is 6.74. The molecule has 8 heteroatoms. The molecule has 1 aliphatic rings. The minimum absolute atomic E-state index is 0.0382. The van der Waals surface area contributed by atoms with Crippen LogP contribution >= 0.6 is 0 Å². The molecule has 8 nitrogen and oxygen atoms in total. The van der Waals surface area contributed by atoms with E-state index in [4.69, 9.17) is 14.2 Å². The molecule has 1 atom stereocenters. The molecule has 138 valence electrons. The van der Waals surface area contributed by atoms with E-state index in [0.717, 1.165) is 6.42 Å². The summed E-state index contributed by atoms with van der Waals surface area (Å²) in [6, 6.07) is 0. The Morgan fingerprint density at radius 2 is 1.62 bits per heavy atom. The second-order valence-corrected chi connectivity index (χ2v) is 7.82. The van der Waals surface area contributed by atoms with Crippen LogP contribution in [0.15, 0.2) is 0 Å². The molecule has 0 saturated carbocycles. The highest BCUT2D eigenvalue weighted by molar-refractivity contribution is 5.90. The Balaban J connectivity index is 2.66. The molecular formula is C16H28N2O6. The van der Waals surface area contributed by atoms with E-state index in [1.807, 2.05) is 0 Å². The standard InChI is InChI=1S/C16H28N2O6/c1-14(2,3)23-12(20)17-10-16(8-7-9-18-16)11(19)22-13(21)24-15(4,5)6/h18H,7-10H2,1-6H3,(H,17,20)/t16-/m0/s1. The Hall–Kier alpha value is -1.83. The van der Waals surface area contributed by atoms with Crippen LogP contribution in [-0.2, 0) is 19.0 Å². The Bertz CT molecular complexity index is 484. The van der Waals surface area contributed by atoms with Crippen molar-refractivity contribution in [2.24, 2.45) is 0 Å². The normalized spacial score (nSPS) is 21.1. The van der Waals surface area contributed by atoms with E-state index in [1.54, 1.807) is 41.5 Å². The lowest BCUT2D eigenvalue weighted by atomic mass is 9.98. The minimum Gasteiger partial charge on any atom is -0.444 e. The highest BCUT2D eigenvalue weighted by Gasteiger charge is 2.44. The third-order valence-electron chi connectivity index (χ3n) is 3.13. The summed E-state index contributed by atoms with van der Waals surface area (Å²) in [5, 5.41) is 5.55. The quantitative estimate of drug-likeness (QED) is 0.597. The predicted octanol–water partition coefficient (Wildman–Crippen LogP) is 2.11. The van der Waals surface area contributed by atoms with E-state index in [2.05, 4.69) is 10.6 Å². The van der Waals surface area contributed by atoms with Crippen LogP contribution in [0.1, 0.15) is 54.4 Å². The number of carbonyl (C=O) groups excluding carboxylic acids is 3. The summed E-state index contributed by atoms with van der Waals surface area (Å²) in [5.74, 6) is -0.773. The van der Waals surface area contributed by atoms with Gasteiger partial charge in [-0.15, -0.1) is 0 Å². The Morgan fingerprint density at radius 1 is 1.04 bits per heavy atom. The zero-order chi connectivity index (χ0) is 18.6. The Labute approximate surface area is 142 Å². The van der Waals surface area contributed by atoms with E-state index in [9.17, 15) is 14.4 Å². The van der Waals surface area contributed by atoms with Crippen LogP contribution in [0.3, 0.4) is 0 Å². The van der Waals surface area contributed by atoms with Gasteiger partial charge in [-0.2, -0.15) is 0 Å². The third-order valence-corrected chi connectivity index (χ3v) is 3.13. The first-order valence-electron chi connectivity index (χ1n) is 8.00. The summed E-state index contributed by atoms with van der Waals surface area (Å²) in [6.45, 7) is 10.8. The first kappa shape index (κ1) is 20.2. The summed E-state index contributed by atoms with van der Waals surface area (Å²) in [6.07, 6.45) is -0.539. The summed E-state index contributed by atoms with van der Waals surface area (Å²) in [5.41, 5.74) is -2.56. The van der Waals surface area contributed by atoms with E-state index in [1.165, 1.54) is 0 Å². The monoisotopic (exact) mass is 344 g/mol. The molecule has 0 radical (unpaired) electrons. The van der Waals surface area contributed by atoms with Gasteiger partial charge in [0.25, 0.3) is 0 Å². The SMILES string of the molecule is CC(C)(C)OC(=O)NC[C@]1(C(=O)OC(=O)OC(C)(C)C)CCCN1. The van der Waals surface area contributed by atoms with Crippen LogP contribution in [0.25, 0.3) is 0 Å². The summed E-state index contributed by atoms with van der Waals surface area (Å²) in [7, 11) is 0. The first-order valence-corrected chi connectivity index (χ1v) is 8.00. The number of ether oxygens (including phenoxy) is 3. The number of rotatable bonds is 3. The summed E-state index contributed by atoms with van der Waals surface area (Å²) < 4.78 is 14.9. The molecule has 0 aromatic heterocycles. The molecule has 0 aromatic carbocycles. The highest BCUT2D eigenvalue weighted by Crippen LogP contribution is 2.21. The van der Waals surface area contributed by atoms with Crippen molar-refractivity contribution in [3.63, 3.8) is 0 Å². The molecule has 2 N–H and O–H groups in total. The molecule has 0 bridgehead atoms. The van der Waals surface area contributed by atoms with Gasteiger partial charge >= 0.3 is 18.2 Å². The summed E-state index contributed by atoms with van der Waals surface area (Å²) in [4.78, 5) is 35.9. The van der Waals surface area contributed by atoms with Crippen molar-refractivity contribution in [2.45, 2.75) is 71.1 Å². The zero-order valence-corrected chi connectivity index (χ0v) is 15.3. The molecule has 1 saturated heterocycles. The van der Waals surface area contributed by atoms with Crippen molar-refractivity contribution >= 4 is 18.2 Å². The van der Waals surface area contributed by atoms with Crippen LogP contribution in [0.2, 0.25) is 0 Å². The van der Waals surface area contributed by atoms with Gasteiger partial charge in [0, 0.05) is 6.54 Å². The predicted molar refractivity (Wildman–Crippen MR) is 86.5 cm³/mol. The fraction of sp³-hybridized carbons (Fsp3) is 0.812. The van der Waals surface area contributed by atoms with Gasteiger partial charge in [-0.25, -0.2) is 14.4 Å². The van der Waals surface area contributed by atoms with Crippen LogP contribution in [0.5, 0.6) is 0 Å². The molecule has 1 fully saturated rings. The van der Waals surface area contributed by atoms with Crippen molar-refractivity contribution in [3.8, 4) is 0 Å². The van der Waals surface area contributed by atoms with Crippen LogP contribution in [0.4, 0.5) is 9.59 Å². The highest BCUT2D eigenvalue weighted by atomic mass is 16.7. The second kappa shape index (κ2) is 7.38. The Kier molecular flexibility index (Phi) is 6.21. The van der Waals surface area contributed by atoms with Crippen molar-refractivity contribution in [1.82, 2.24) is 10.6 Å². The van der Waals surface area contributed by atoms with Crippen molar-refractivity contribution in [2.75, 3.05) is 13.1 Å². The molecule has 0 spiro atoms. The average Bonchev–Trinajstić information content (AvgIpc) is 2.81. The average molecular weight is 344 g/mol. The largest absolute Gasteiger partial charge is 0.516 e. The van der Waals surface area contributed by atoms with Gasteiger partial charge in [0.15, 0.2) is 0 Å². The number of carbonyl (C=O) groups is 3. The fourth-order valence-electron chi connectivity index (χ4n) is 2.18. The van der Waals surface area contributed by atoms with Crippen LogP contribution < -0.4 is 10.6 Å². The molecule has 1 heterocycles. The number of amides is 1. The lowest BCUT2D eigenvalue weighted by molar-refractivity contribution is -0.148. The van der Waals surface area contributed by atoms with Crippen LogP contribution in [-0.4, -0.2) is 48.0 Å². The molecule has 24 heavy (non-hydrogen) atoms. The van der Waals surface area contributed by atoms with Gasteiger partial charge in [0.05, 0.1) is 0 Å². The van der Waals surface area contributed by atoms with E-state index in [0.29, 0.717) is 13.0 Å². The second-order valence-electron chi connectivity index (χ2n) is 7.82. The van der Waals surface area contributed by atoms with Gasteiger partial charge < -0.3 is 24.8 Å². The lowest BCUT2D eigenvalue weighted by Gasteiger charge is -2.28. The molecule has 1 amide bonds. The zero-order valence-electron chi connectivity index (χ0n) is 15.3. The number of alkyl carbamates (subject to hydrolysis) is 1. The van der Waals surface area contributed by atoms with E-state index < -0.39 is 35.0 Å².